The Morgan fingerprint density at radius 1 is 0.839 bits per heavy atom. The average Bonchev–Trinajstić information content (AvgIpc) is 2.76. The molecule has 0 bridgehead atoms. The van der Waals surface area contributed by atoms with Crippen LogP contribution in [0.15, 0.2) is 66.7 Å². The topological polar surface area (TPSA) is 23.6 Å². The van der Waals surface area contributed by atoms with Gasteiger partial charge >= 0.3 is 0 Å². The Morgan fingerprint density at radius 3 is 2.26 bits per heavy atom. The quantitative estimate of drug-likeness (QED) is 0.393. The van der Waals surface area contributed by atoms with Crippen molar-refractivity contribution in [2.45, 2.75) is 12.5 Å². The van der Waals surface area contributed by atoms with Crippen LogP contribution in [0.1, 0.15) is 17.2 Å². The molecule has 0 spiro atoms. The van der Waals surface area contributed by atoms with E-state index in [-0.39, 0.29) is 18.4 Å². The van der Waals surface area contributed by atoms with E-state index in [1.54, 1.807) is 12.1 Å². The molecule has 1 unspecified atom stereocenters. The number of piperazine rings is 1. The van der Waals surface area contributed by atoms with Gasteiger partial charge in [0.15, 0.2) is 0 Å². The zero-order valence-electron chi connectivity index (χ0n) is 16.6. The minimum absolute atomic E-state index is 0.0499. The smallest absolute Gasteiger partial charge is 0.227 e. The predicted molar refractivity (Wildman–Crippen MR) is 130 cm³/mol. The van der Waals surface area contributed by atoms with Crippen molar-refractivity contribution in [3.05, 3.63) is 97.9 Å². The molecule has 1 saturated heterocycles. The van der Waals surface area contributed by atoms with E-state index in [0.717, 1.165) is 16.8 Å². The van der Waals surface area contributed by atoms with Gasteiger partial charge in [-0.1, -0.05) is 76.7 Å². The van der Waals surface area contributed by atoms with Gasteiger partial charge in [0.25, 0.3) is 0 Å². The molecule has 3 nitrogen and oxygen atoms in total. The van der Waals surface area contributed by atoms with Crippen LogP contribution in [-0.2, 0) is 11.2 Å². The third-order valence-corrected chi connectivity index (χ3v) is 6.67. The Bertz CT molecular complexity index is 1090. The molecule has 4 rings (SSSR count). The molecular formula is C24H20Cl4N2O. The molecular weight excluding hydrogens is 474 g/mol. The van der Waals surface area contributed by atoms with E-state index in [1.165, 1.54) is 0 Å². The number of nitrogens with zero attached hydrogens (tertiary/aromatic N) is 2. The molecule has 1 amide bonds. The molecule has 0 aromatic heterocycles. The second-order valence-electron chi connectivity index (χ2n) is 7.46. The second kappa shape index (κ2) is 9.70. The van der Waals surface area contributed by atoms with Gasteiger partial charge in [0.05, 0.1) is 23.2 Å². The van der Waals surface area contributed by atoms with Crippen LogP contribution in [0.3, 0.4) is 0 Å². The molecule has 0 saturated carbocycles. The third kappa shape index (κ3) is 5.12. The highest BCUT2D eigenvalue weighted by atomic mass is 35.5. The van der Waals surface area contributed by atoms with Gasteiger partial charge in [-0.05, 0) is 47.5 Å². The van der Waals surface area contributed by atoms with Gasteiger partial charge in [0, 0.05) is 34.7 Å². The Hall–Kier alpha value is -1.91. The van der Waals surface area contributed by atoms with Crippen LogP contribution >= 0.6 is 46.4 Å². The molecule has 0 aliphatic carbocycles. The summed E-state index contributed by atoms with van der Waals surface area (Å²) in [6.45, 7) is 1.76. The molecule has 0 N–H and O–H groups in total. The maximum absolute atomic E-state index is 13.1. The first-order valence-electron chi connectivity index (χ1n) is 9.90. The van der Waals surface area contributed by atoms with Crippen LogP contribution in [-0.4, -0.2) is 30.4 Å². The summed E-state index contributed by atoms with van der Waals surface area (Å²) in [5.41, 5.74) is 2.79. The maximum Gasteiger partial charge on any atom is 0.227 e. The van der Waals surface area contributed by atoms with Crippen molar-refractivity contribution < 1.29 is 4.79 Å². The number of rotatable bonds is 4. The first-order chi connectivity index (χ1) is 14.9. The summed E-state index contributed by atoms with van der Waals surface area (Å²) >= 11 is 25.0. The lowest BCUT2D eigenvalue weighted by Gasteiger charge is -2.43. The van der Waals surface area contributed by atoms with E-state index in [1.807, 2.05) is 59.5 Å². The minimum Gasteiger partial charge on any atom is -0.360 e. The minimum atomic E-state index is -0.0695. The fourth-order valence-corrected chi connectivity index (χ4v) is 4.74. The molecule has 1 heterocycles. The van der Waals surface area contributed by atoms with Crippen molar-refractivity contribution in [2.75, 3.05) is 24.5 Å². The van der Waals surface area contributed by atoms with Crippen molar-refractivity contribution in [2.24, 2.45) is 0 Å². The Balaban J connectivity index is 1.61. The lowest BCUT2D eigenvalue weighted by Crippen LogP contribution is -2.51. The van der Waals surface area contributed by atoms with Crippen LogP contribution in [0.5, 0.6) is 0 Å². The summed E-state index contributed by atoms with van der Waals surface area (Å²) in [7, 11) is 0. The van der Waals surface area contributed by atoms with Crippen molar-refractivity contribution in [1.82, 2.24) is 4.90 Å². The highest BCUT2D eigenvalue weighted by Crippen LogP contribution is 2.37. The number of halogens is 4. The summed E-state index contributed by atoms with van der Waals surface area (Å²) in [6.07, 6.45) is 0.273. The lowest BCUT2D eigenvalue weighted by molar-refractivity contribution is -0.131. The summed E-state index contributed by atoms with van der Waals surface area (Å²) < 4.78 is 0. The first kappa shape index (κ1) is 22.3. The predicted octanol–water partition coefficient (Wildman–Crippen LogP) is 6.93. The summed E-state index contributed by atoms with van der Waals surface area (Å²) in [5.74, 6) is 0.0499. The summed E-state index contributed by atoms with van der Waals surface area (Å²) in [5, 5.41) is 2.45. The number of carbonyl (C=O) groups excluding carboxylic acids is 1. The highest BCUT2D eigenvalue weighted by molar-refractivity contribution is 6.36. The number of hydrogen-bond donors (Lipinski definition) is 0. The molecule has 7 heteroatoms. The zero-order chi connectivity index (χ0) is 22.0. The van der Waals surface area contributed by atoms with Crippen molar-refractivity contribution >= 4 is 58.0 Å². The number of hydrogen-bond acceptors (Lipinski definition) is 2. The number of benzene rings is 3. The normalized spacial score (nSPS) is 16.5. The van der Waals surface area contributed by atoms with Gasteiger partial charge < -0.3 is 9.80 Å². The number of amides is 1. The third-order valence-electron chi connectivity index (χ3n) is 5.51. The molecule has 1 aliphatic rings. The first-order valence-corrected chi connectivity index (χ1v) is 11.4. The molecule has 160 valence electrons. The van der Waals surface area contributed by atoms with Gasteiger partial charge in [-0.3, -0.25) is 4.79 Å². The van der Waals surface area contributed by atoms with Crippen LogP contribution in [0.4, 0.5) is 5.69 Å². The van der Waals surface area contributed by atoms with E-state index in [9.17, 15) is 4.79 Å². The van der Waals surface area contributed by atoms with E-state index in [4.69, 9.17) is 46.4 Å². The molecule has 1 fully saturated rings. The van der Waals surface area contributed by atoms with Gasteiger partial charge in [0.2, 0.25) is 5.91 Å². The molecule has 1 aliphatic heterocycles. The van der Waals surface area contributed by atoms with Crippen LogP contribution < -0.4 is 4.90 Å². The van der Waals surface area contributed by atoms with Crippen molar-refractivity contribution in [3.8, 4) is 0 Å². The number of anilines is 1. The Morgan fingerprint density at radius 2 is 1.55 bits per heavy atom. The van der Waals surface area contributed by atoms with E-state index >= 15 is 0 Å². The molecule has 0 radical (unpaired) electrons. The second-order valence-corrected chi connectivity index (χ2v) is 9.15. The fourth-order valence-electron chi connectivity index (χ4n) is 3.90. The lowest BCUT2D eigenvalue weighted by atomic mass is 10.0. The van der Waals surface area contributed by atoms with Gasteiger partial charge in [-0.25, -0.2) is 0 Å². The fraction of sp³-hybridized carbons (Fsp3) is 0.208. The van der Waals surface area contributed by atoms with Crippen LogP contribution in [0.25, 0.3) is 0 Å². The monoisotopic (exact) mass is 492 g/mol. The van der Waals surface area contributed by atoms with Gasteiger partial charge in [-0.2, -0.15) is 0 Å². The molecule has 1 atom stereocenters. The Kier molecular flexibility index (Phi) is 6.98. The van der Waals surface area contributed by atoms with Crippen LogP contribution in [0.2, 0.25) is 20.1 Å². The number of carbonyl (C=O) groups is 1. The van der Waals surface area contributed by atoms with E-state index in [2.05, 4.69) is 4.90 Å². The molecule has 31 heavy (non-hydrogen) atoms. The molecule has 3 aromatic carbocycles. The highest BCUT2D eigenvalue weighted by Gasteiger charge is 2.32. The standard InChI is InChI=1S/C24H20Cl4N2O/c25-18-7-5-16(6-8-18)23-15-29(24(31)13-17-3-1-2-4-20(17)27)11-12-30(23)22-10-9-19(26)14-21(22)28/h1-10,14,23H,11-13,15H2. The van der Waals surface area contributed by atoms with Gasteiger partial charge in [0.1, 0.15) is 0 Å². The van der Waals surface area contributed by atoms with Gasteiger partial charge in [-0.15, -0.1) is 0 Å². The van der Waals surface area contributed by atoms with E-state index < -0.39 is 0 Å². The molecule has 3 aromatic rings. The van der Waals surface area contributed by atoms with Crippen molar-refractivity contribution in [3.63, 3.8) is 0 Å². The average molecular weight is 494 g/mol. The Labute approximate surface area is 202 Å². The summed E-state index contributed by atoms with van der Waals surface area (Å²) in [4.78, 5) is 17.2. The van der Waals surface area contributed by atoms with Crippen molar-refractivity contribution in [1.29, 1.82) is 0 Å². The summed E-state index contributed by atoms with van der Waals surface area (Å²) in [6, 6.07) is 20.6. The largest absolute Gasteiger partial charge is 0.360 e. The van der Waals surface area contributed by atoms with E-state index in [0.29, 0.717) is 39.7 Å². The maximum atomic E-state index is 13.1. The van der Waals surface area contributed by atoms with Crippen LogP contribution in [0, 0.1) is 0 Å². The SMILES string of the molecule is O=C(Cc1ccccc1Cl)N1CCN(c2ccc(Cl)cc2Cl)C(c2ccc(Cl)cc2)C1. The zero-order valence-corrected chi connectivity index (χ0v) is 19.6.